The molecule has 0 heterocycles. The number of rotatable bonds is 7. The van der Waals surface area contributed by atoms with E-state index in [9.17, 15) is 9.90 Å². The van der Waals surface area contributed by atoms with Gasteiger partial charge in [-0.15, -0.1) is 0 Å². The summed E-state index contributed by atoms with van der Waals surface area (Å²) < 4.78 is 0. The SMILES string of the molecule is CC(C)CC(C)N(C)CC(C(=O)O)c1ccccc1. The van der Waals surface area contributed by atoms with Crippen LogP contribution in [-0.4, -0.2) is 35.6 Å². The van der Waals surface area contributed by atoms with Gasteiger partial charge in [0.15, 0.2) is 0 Å². The van der Waals surface area contributed by atoms with E-state index in [1.165, 1.54) is 0 Å². The summed E-state index contributed by atoms with van der Waals surface area (Å²) in [6.07, 6.45) is 1.08. The first kappa shape index (κ1) is 15.7. The molecule has 2 unspecified atom stereocenters. The van der Waals surface area contributed by atoms with Gasteiger partial charge in [0, 0.05) is 12.6 Å². The van der Waals surface area contributed by atoms with Crippen molar-refractivity contribution in [3.05, 3.63) is 35.9 Å². The van der Waals surface area contributed by atoms with Crippen molar-refractivity contribution in [1.29, 1.82) is 0 Å². The Hall–Kier alpha value is -1.35. The second-order valence-corrected chi connectivity index (χ2v) is 5.72. The molecule has 0 fully saturated rings. The summed E-state index contributed by atoms with van der Waals surface area (Å²) >= 11 is 0. The molecule has 19 heavy (non-hydrogen) atoms. The minimum atomic E-state index is -0.755. The van der Waals surface area contributed by atoms with E-state index in [-0.39, 0.29) is 0 Å². The smallest absolute Gasteiger partial charge is 0.312 e. The fraction of sp³-hybridized carbons (Fsp3) is 0.562. The van der Waals surface area contributed by atoms with Crippen molar-refractivity contribution in [2.75, 3.05) is 13.6 Å². The quantitative estimate of drug-likeness (QED) is 0.821. The van der Waals surface area contributed by atoms with Crippen LogP contribution in [0, 0.1) is 5.92 Å². The molecule has 1 aromatic rings. The monoisotopic (exact) mass is 263 g/mol. The number of likely N-dealkylation sites (N-methyl/N-ethyl adjacent to an activating group) is 1. The number of carbonyl (C=O) groups is 1. The van der Waals surface area contributed by atoms with Crippen LogP contribution in [0.3, 0.4) is 0 Å². The highest BCUT2D eigenvalue weighted by molar-refractivity contribution is 5.76. The number of nitrogens with zero attached hydrogens (tertiary/aromatic N) is 1. The van der Waals surface area contributed by atoms with Crippen LogP contribution in [0.4, 0.5) is 0 Å². The third-order valence-electron chi connectivity index (χ3n) is 3.54. The minimum Gasteiger partial charge on any atom is -0.481 e. The number of carboxylic acid groups (broad SMARTS) is 1. The average Bonchev–Trinajstić information content (AvgIpc) is 2.35. The van der Waals surface area contributed by atoms with Gasteiger partial charge in [0.2, 0.25) is 0 Å². The molecular weight excluding hydrogens is 238 g/mol. The van der Waals surface area contributed by atoms with E-state index < -0.39 is 11.9 Å². The fourth-order valence-corrected chi connectivity index (χ4v) is 2.34. The molecule has 1 aromatic carbocycles. The van der Waals surface area contributed by atoms with E-state index in [1.54, 1.807) is 0 Å². The van der Waals surface area contributed by atoms with Gasteiger partial charge in [-0.25, -0.2) is 0 Å². The summed E-state index contributed by atoms with van der Waals surface area (Å²) in [5, 5.41) is 9.41. The van der Waals surface area contributed by atoms with Crippen molar-refractivity contribution in [3.63, 3.8) is 0 Å². The number of hydrogen-bond acceptors (Lipinski definition) is 2. The molecule has 106 valence electrons. The van der Waals surface area contributed by atoms with Crippen molar-refractivity contribution < 1.29 is 9.90 Å². The number of benzene rings is 1. The highest BCUT2D eigenvalue weighted by atomic mass is 16.4. The van der Waals surface area contributed by atoms with E-state index in [1.807, 2.05) is 37.4 Å². The van der Waals surface area contributed by atoms with Gasteiger partial charge in [-0.1, -0.05) is 44.2 Å². The molecule has 0 radical (unpaired) electrons. The molecule has 0 aliphatic heterocycles. The molecule has 0 spiro atoms. The molecule has 1 rings (SSSR count). The Kier molecular flexibility index (Phi) is 6.03. The summed E-state index contributed by atoms with van der Waals surface area (Å²) in [5.74, 6) is -0.590. The fourth-order valence-electron chi connectivity index (χ4n) is 2.34. The maximum absolute atomic E-state index is 11.5. The number of aliphatic carboxylic acids is 1. The predicted octanol–water partition coefficient (Wildman–Crippen LogP) is 3.22. The van der Waals surface area contributed by atoms with Crippen LogP contribution >= 0.6 is 0 Å². The lowest BCUT2D eigenvalue weighted by atomic mass is 9.97. The van der Waals surface area contributed by atoms with E-state index in [4.69, 9.17) is 0 Å². The Morgan fingerprint density at radius 3 is 2.26 bits per heavy atom. The summed E-state index contributed by atoms with van der Waals surface area (Å²) in [6.45, 7) is 7.09. The van der Waals surface area contributed by atoms with Gasteiger partial charge in [0.1, 0.15) is 0 Å². The Morgan fingerprint density at radius 2 is 1.79 bits per heavy atom. The molecule has 0 bridgehead atoms. The van der Waals surface area contributed by atoms with Crippen molar-refractivity contribution in [1.82, 2.24) is 4.90 Å². The topological polar surface area (TPSA) is 40.5 Å². The van der Waals surface area contributed by atoms with Crippen LogP contribution in [0.15, 0.2) is 30.3 Å². The van der Waals surface area contributed by atoms with Gasteiger partial charge in [-0.2, -0.15) is 0 Å². The lowest BCUT2D eigenvalue weighted by Crippen LogP contribution is -2.36. The molecule has 0 amide bonds. The molecule has 3 heteroatoms. The van der Waals surface area contributed by atoms with E-state index >= 15 is 0 Å². The van der Waals surface area contributed by atoms with Crippen molar-refractivity contribution in [2.24, 2.45) is 5.92 Å². The maximum atomic E-state index is 11.5. The molecule has 0 aliphatic carbocycles. The minimum absolute atomic E-state index is 0.394. The van der Waals surface area contributed by atoms with Gasteiger partial charge < -0.3 is 10.0 Å². The lowest BCUT2D eigenvalue weighted by Gasteiger charge is -2.28. The normalized spacial score (nSPS) is 14.6. The summed E-state index contributed by atoms with van der Waals surface area (Å²) in [6, 6.07) is 9.86. The third-order valence-corrected chi connectivity index (χ3v) is 3.54. The summed E-state index contributed by atoms with van der Waals surface area (Å²) in [7, 11) is 2.01. The van der Waals surface area contributed by atoms with E-state index in [0.717, 1.165) is 12.0 Å². The average molecular weight is 263 g/mol. The molecular formula is C16H25NO2. The lowest BCUT2D eigenvalue weighted by molar-refractivity contribution is -0.139. The third kappa shape index (κ3) is 5.03. The largest absolute Gasteiger partial charge is 0.481 e. The zero-order valence-corrected chi connectivity index (χ0v) is 12.3. The van der Waals surface area contributed by atoms with Crippen LogP contribution in [0.25, 0.3) is 0 Å². The molecule has 3 nitrogen and oxygen atoms in total. The molecule has 0 saturated heterocycles. The zero-order valence-electron chi connectivity index (χ0n) is 12.3. The maximum Gasteiger partial charge on any atom is 0.312 e. The Balaban J connectivity index is 2.72. The predicted molar refractivity (Wildman–Crippen MR) is 78.4 cm³/mol. The molecule has 2 atom stereocenters. The highest BCUT2D eigenvalue weighted by Crippen LogP contribution is 2.19. The Morgan fingerprint density at radius 1 is 1.21 bits per heavy atom. The number of carboxylic acids is 1. The first-order chi connectivity index (χ1) is 8.91. The molecule has 1 N–H and O–H groups in total. The number of hydrogen-bond donors (Lipinski definition) is 1. The van der Waals surface area contributed by atoms with Crippen LogP contribution < -0.4 is 0 Å². The summed E-state index contributed by atoms with van der Waals surface area (Å²) in [5.41, 5.74) is 0.874. The first-order valence-electron chi connectivity index (χ1n) is 6.89. The molecule has 0 aliphatic rings. The molecule has 0 aromatic heterocycles. The molecule has 0 saturated carbocycles. The second-order valence-electron chi connectivity index (χ2n) is 5.72. The van der Waals surface area contributed by atoms with Gasteiger partial charge in [-0.3, -0.25) is 4.79 Å². The van der Waals surface area contributed by atoms with Crippen LogP contribution in [0.1, 0.15) is 38.7 Å². The van der Waals surface area contributed by atoms with Gasteiger partial charge in [0.25, 0.3) is 0 Å². The standard InChI is InChI=1S/C16H25NO2/c1-12(2)10-13(3)17(4)11-15(16(18)19)14-8-6-5-7-9-14/h5-9,12-13,15H,10-11H2,1-4H3,(H,18,19). The van der Waals surface area contributed by atoms with E-state index in [0.29, 0.717) is 18.5 Å². The van der Waals surface area contributed by atoms with Gasteiger partial charge in [0.05, 0.1) is 5.92 Å². The van der Waals surface area contributed by atoms with Gasteiger partial charge in [-0.05, 0) is 31.9 Å². The van der Waals surface area contributed by atoms with Gasteiger partial charge >= 0.3 is 5.97 Å². The van der Waals surface area contributed by atoms with Crippen LogP contribution in [0.5, 0.6) is 0 Å². The van der Waals surface area contributed by atoms with E-state index in [2.05, 4.69) is 25.7 Å². The van der Waals surface area contributed by atoms with Crippen LogP contribution in [-0.2, 0) is 4.79 Å². The second kappa shape index (κ2) is 7.29. The highest BCUT2D eigenvalue weighted by Gasteiger charge is 2.23. The first-order valence-corrected chi connectivity index (χ1v) is 6.89. The van der Waals surface area contributed by atoms with Crippen molar-refractivity contribution >= 4 is 5.97 Å². The Bertz CT molecular complexity index is 389. The Labute approximate surface area is 116 Å². The van der Waals surface area contributed by atoms with Crippen LogP contribution in [0.2, 0.25) is 0 Å². The zero-order chi connectivity index (χ0) is 14.4. The summed E-state index contributed by atoms with van der Waals surface area (Å²) in [4.78, 5) is 13.6. The van der Waals surface area contributed by atoms with Crippen molar-refractivity contribution in [2.45, 2.75) is 39.2 Å². The van der Waals surface area contributed by atoms with Crippen molar-refractivity contribution in [3.8, 4) is 0 Å².